The fourth-order valence-electron chi connectivity index (χ4n) is 2.16. The number of rotatable bonds is 5. The van der Waals surface area contributed by atoms with Crippen molar-refractivity contribution in [3.05, 3.63) is 24.3 Å². The highest BCUT2D eigenvalue weighted by Crippen LogP contribution is 2.25. The molecule has 3 N–H and O–H groups in total. The maximum absolute atomic E-state index is 12.0. The highest BCUT2D eigenvalue weighted by Gasteiger charge is 2.26. The maximum Gasteiger partial charge on any atom is 0.389 e. The molecule has 0 saturated carbocycles. The number of halogens is 3. The summed E-state index contributed by atoms with van der Waals surface area (Å²) in [6.45, 7) is 0.708. The van der Waals surface area contributed by atoms with Crippen molar-refractivity contribution in [1.29, 1.82) is 0 Å². The van der Waals surface area contributed by atoms with Crippen LogP contribution in [0.5, 0.6) is 0 Å². The Labute approximate surface area is 121 Å². The molecular weight excluding hydrogens is 283 g/mol. The molecular formula is C14H18F3N3O. The summed E-state index contributed by atoms with van der Waals surface area (Å²) >= 11 is 0. The van der Waals surface area contributed by atoms with E-state index in [9.17, 15) is 18.0 Å². The van der Waals surface area contributed by atoms with Gasteiger partial charge in [-0.05, 0) is 25.0 Å². The molecule has 0 aromatic heterocycles. The van der Waals surface area contributed by atoms with E-state index in [2.05, 4.69) is 16.0 Å². The smallest absolute Gasteiger partial charge is 0.381 e. The molecule has 1 aliphatic heterocycles. The van der Waals surface area contributed by atoms with E-state index in [-0.39, 0.29) is 18.9 Å². The standard InChI is InChI=1S/C14H18F3N3O/c15-14(16,17)7-3-4-8-18-13(21)12-9-19-10-5-1-2-6-11(10)20-12/h1-2,5-6,12,19-20H,3-4,7-9H2,(H,18,21). The van der Waals surface area contributed by atoms with E-state index < -0.39 is 18.6 Å². The third kappa shape index (κ3) is 4.84. The maximum atomic E-state index is 12.0. The third-order valence-electron chi connectivity index (χ3n) is 3.26. The minimum atomic E-state index is -4.12. The second-order valence-electron chi connectivity index (χ2n) is 4.99. The van der Waals surface area contributed by atoms with Gasteiger partial charge in [-0.3, -0.25) is 4.79 Å². The number of carbonyl (C=O) groups excluding carboxylic acids is 1. The monoisotopic (exact) mass is 301 g/mol. The number of carbonyl (C=O) groups is 1. The lowest BCUT2D eigenvalue weighted by molar-refractivity contribution is -0.135. The fraction of sp³-hybridized carbons (Fsp3) is 0.500. The topological polar surface area (TPSA) is 53.2 Å². The molecule has 1 aliphatic rings. The van der Waals surface area contributed by atoms with Crippen molar-refractivity contribution in [3.63, 3.8) is 0 Å². The number of para-hydroxylation sites is 2. The Morgan fingerprint density at radius 1 is 1.24 bits per heavy atom. The normalized spacial score (nSPS) is 17.4. The van der Waals surface area contributed by atoms with Gasteiger partial charge >= 0.3 is 6.18 Å². The molecule has 0 saturated heterocycles. The van der Waals surface area contributed by atoms with Gasteiger partial charge in [0.15, 0.2) is 0 Å². The second-order valence-corrected chi connectivity index (χ2v) is 4.99. The lowest BCUT2D eigenvalue weighted by atomic mass is 10.1. The van der Waals surface area contributed by atoms with Crippen LogP contribution in [-0.2, 0) is 4.79 Å². The van der Waals surface area contributed by atoms with Crippen LogP contribution in [0.25, 0.3) is 0 Å². The van der Waals surface area contributed by atoms with Crippen molar-refractivity contribution < 1.29 is 18.0 Å². The zero-order chi connectivity index (χ0) is 15.3. The summed E-state index contributed by atoms with van der Waals surface area (Å²) < 4.78 is 35.9. The average molecular weight is 301 g/mol. The first-order valence-corrected chi connectivity index (χ1v) is 6.89. The van der Waals surface area contributed by atoms with Crippen LogP contribution < -0.4 is 16.0 Å². The number of unbranched alkanes of at least 4 members (excludes halogenated alkanes) is 1. The minimum Gasteiger partial charge on any atom is -0.381 e. The third-order valence-corrected chi connectivity index (χ3v) is 3.26. The predicted octanol–water partition coefficient (Wildman–Crippen LogP) is 2.74. The van der Waals surface area contributed by atoms with Gasteiger partial charge < -0.3 is 16.0 Å². The van der Waals surface area contributed by atoms with E-state index in [0.29, 0.717) is 13.0 Å². The Balaban J connectivity index is 1.70. The quantitative estimate of drug-likeness (QED) is 0.733. The molecule has 0 radical (unpaired) electrons. The van der Waals surface area contributed by atoms with E-state index in [4.69, 9.17) is 0 Å². The van der Waals surface area contributed by atoms with E-state index in [1.807, 2.05) is 24.3 Å². The minimum absolute atomic E-state index is 0.0307. The molecule has 0 aliphatic carbocycles. The lowest BCUT2D eigenvalue weighted by Crippen LogP contribution is -2.46. The van der Waals surface area contributed by atoms with Crippen LogP contribution in [-0.4, -0.2) is 31.2 Å². The van der Waals surface area contributed by atoms with E-state index in [1.54, 1.807) is 0 Å². The molecule has 1 amide bonds. The molecule has 1 unspecified atom stereocenters. The molecule has 1 aromatic rings. The van der Waals surface area contributed by atoms with Crippen molar-refractivity contribution in [2.45, 2.75) is 31.5 Å². The Morgan fingerprint density at radius 2 is 1.95 bits per heavy atom. The van der Waals surface area contributed by atoms with E-state index in [1.165, 1.54) is 0 Å². The summed E-state index contributed by atoms with van der Waals surface area (Å²) in [6.07, 6.45) is -4.58. The van der Waals surface area contributed by atoms with Gasteiger partial charge in [-0.25, -0.2) is 0 Å². The van der Waals surface area contributed by atoms with Gasteiger partial charge in [-0.2, -0.15) is 13.2 Å². The molecule has 116 valence electrons. The van der Waals surface area contributed by atoms with Crippen molar-refractivity contribution in [3.8, 4) is 0 Å². The summed E-state index contributed by atoms with van der Waals surface area (Å²) in [5.74, 6) is -0.205. The first-order chi connectivity index (χ1) is 9.96. The number of benzene rings is 1. The number of hydrogen-bond acceptors (Lipinski definition) is 3. The van der Waals surface area contributed by atoms with Crippen molar-refractivity contribution in [2.24, 2.45) is 0 Å². The molecule has 2 rings (SSSR count). The fourth-order valence-corrected chi connectivity index (χ4v) is 2.16. The van der Waals surface area contributed by atoms with Crippen LogP contribution in [0.2, 0.25) is 0 Å². The van der Waals surface area contributed by atoms with Gasteiger partial charge in [0.25, 0.3) is 0 Å². The molecule has 1 heterocycles. The molecule has 0 bridgehead atoms. The van der Waals surface area contributed by atoms with Crippen LogP contribution in [0.1, 0.15) is 19.3 Å². The zero-order valence-electron chi connectivity index (χ0n) is 11.5. The number of hydrogen-bond donors (Lipinski definition) is 3. The predicted molar refractivity (Wildman–Crippen MR) is 75.3 cm³/mol. The van der Waals surface area contributed by atoms with Crippen LogP contribution in [0.15, 0.2) is 24.3 Å². The molecule has 7 heteroatoms. The number of anilines is 2. The van der Waals surface area contributed by atoms with Gasteiger partial charge in [-0.1, -0.05) is 12.1 Å². The highest BCUT2D eigenvalue weighted by atomic mass is 19.4. The highest BCUT2D eigenvalue weighted by molar-refractivity contribution is 5.88. The summed E-state index contributed by atoms with van der Waals surface area (Å²) in [5, 5.41) is 8.91. The number of alkyl halides is 3. The molecule has 4 nitrogen and oxygen atoms in total. The van der Waals surface area contributed by atoms with Crippen molar-refractivity contribution in [1.82, 2.24) is 5.32 Å². The van der Waals surface area contributed by atoms with Crippen molar-refractivity contribution in [2.75, 3.05) is 23.7 Å². The second kappa shape index (κ2) is 6.69. The Morgan fingerprint density at radius 3 is 2.67 bits per heavy atom. The summed E-state index contributed by atoms with van der Waals surface area (Å²) in [4.78, 5) is 11.9. The summed E-state index contributed by atoms with van der Waals surface area (Å²) in [7, 11) is 0. The number of nitrogens with one attached hydrogen (secondary N) is 3. The van der Waals surface area contributed by atoms with Crippen LogP contribution in [0.3, 0.4) is 0 Å². The van der Waals surface area contributed by atoms with Crippen LogP contribution in [0, 0.1) is 0 Å². The van der Waals surface area contributed by atoms with Crippen molar-refractivity contribution >= 4 is 17.3 Å². The Kier molecular flexibility index (Phi) is 4.93. The largest absolute Gasteiger partial charge is 0.389 e. The Bertz CT molecular complexity index is 491. The molecule has 1 aromatic carbocycles. The molecule has 0 spiro atoms. The van der Waals surface area contributed by atoms with Gasteiger partial charge in [0.1, 0.15) is 6.04 Å². The molecule has 21 heavy (non-hydrogen) atoms. The van der Waals surface area contributed by atoms with Gasteiger partial charge in [0, 0.05) is 19.5 Å². The summed E-state index contributed by atoms with van der Waals surface area (Å²) in [6, 6.07) is 7.13. The van der Waals surface area contributed by atoms with Crippen LogP contribution >= 0.6 is 0 Å². The van der Waals surface area contributed by atoms with E-state index in [0.717, 1.165) is 11.4 Å². The first kappa shape index (κ1) is 15.5. The molecule has 0 fully saturated rings. The number of amides is 1. The lowest BCUT2D eigenvalue weighted by Gasteiger charge is -2.27. The van der Waals surface area contributed by atoms with Gasteiger partial charge in [0.05, 0.1) is 11.4 Å². The van der Waals surface area contributed by atoms with E-state index >= 15 is 0 Å². The average Bonchev–Trinajstić information content (AvgIpc) is 2.45. The first-order valence-electron chi connectivity index (χ1n) is 6.89. The summed E-state index contributed by atoms with van der Waals surface area (Å²) in [5.41, 5.74) is 1.78. The Hall–Kier alpha value is -1.92. The van der Waals surface area contributed by atoms with Gasteiger partial charge in [0.2, 0.25) is 5.91 Å². The van der Waals surface area contributed by atoms with Gasteiger partial charge in [-0.15, -0.1) is 0 Å². The molecule has 1 atom stereocenters. The van der Waals surface area contributed by atoms with Crippen LogP contribution in [0.4, 0.5) is 24.5 Å². The zero-order valence-corrected chi connectivity index (χ0v) is 11.5. The number of fused-ring (bicyclic) bond motifs is 1. The SMILES string of the molecule is O=C(NCCCCC(F)(F)F)C1CNc2ccccc2N1.